The van der Waals surface area contributed by atoms with E-state index in [1.54, 1.807) is 18.7 Å². The largest absolute Gasteiger partial charge is 0.463 e. The average molecular weight is 367 g/mol. The Morgan fingerprint density at radius 1 is 0.963 bits per heavy atom. The summed E-state index contributed by atoms with van der Waals surface area (Å²) in [6.45, 7) is 4.61. The molecule has 0 aromatic heterocycles. The Morgan fingerprint density at radius 2 is 1.48 bits per heavy atom. The van der Waals surface area contributed by atoms with Crippen LogP contribution in [0.5, 0.6) is 0 Å². The van der Waals surface area contributed by atoms with Gasteiger partial charge in [-0.15, -0.1) is 0 Å². The number of hydrogen-bond acceptors (Lipinski definition) is 4. The predicted molar refractivity (Wildman–Crippen MR) is 104 cm³/mol. The van der Waals surface area contributed by atoms with Gasteiger partial charge < -0.3 is 9.47 Å². The highest BCUT2D eigenvalue weighted by atomic mass is 16.6. The van der Waals surface area contributed by atoms with Crippen LogP contribution < -0.4 is 0 Å². The molecule has 0 fully saturated rings. The van der Waals surface area contributed by atoms with E-state index in [-0.39, 0.29) is 0 Å². The van der Waals surface area contributed by atoms with Gasteiger partial charge in [0.05, 0.1) is 6.61 Å². The first-order chi connectivity index (χ1) is 13.1. The fourth-order valence-electron chi connectivity index (χ4n) is 2.47. The van der Waals surface area contributed by atoms with Crippen LogP contribution in [0.3, 0.4) is 0 Å². The van der Waals surface area contributed by atoms with Gasteiger partial charge >= 0.3 is 12.1 Å². The molecule has 5 heteroatoms. The zero-order chi connectivity index (χ0) is 19.5. The highest BCUT2D eigenvalue weighted by Gasteiger charge is 2.18. The van der Waals surface area contributed by atoms with Crippen LogP contribution >= 0.6 is 0 Å². The molecule has 2 aromatic carbocycles. The fraction of sp³-hybridized carbons (Fsp3) is 0.273. The predicted octanol–water partition coefficient (Wildman–Crippen LogP) is 4.33. The molecule has 0 saturated carbocycles. The quantitative estimate of drug-likeness (QED) is 0.515. The van der Waals surface area contributed by atoms with Gasteiger partial charge in [-0.3, -0.25) is 4.90 Å². The molecule has 0 radical (unpaired) electrons. The van der Waals surface area contributed by atoms with Gasteiger partial charge in [-0.05, 0) is 31.1 Å². The summed E-state index contributed by atoms with van der Waals surface area (Å²) in [6, 6.07) is 19.5. The maximum Gasteiger partial charge on any atom is 0.410 e. The smallest absolute Gasteiger partial charge is 0.410 e. The molecule has 1 amide bonds. The van der Waals surface area contributed by atoms with E-state index in [0.717, 1.165) is 11.1 Å². The Morgan fingerprint density at radius 3 is 1.96 bits per heavy atom. The van der Waals surface area contributed by atoms with Crippen molar-refractivity contribution in [3.63, 3.8) is 0 Å². The van der Waals surface area contributed by atoms with Gasteiger partial charge in [0.1, 0.15) is 6.10 Å². The highest BCUT2D eigenvalue weighted by Crippen LogP contribution is 2.12. The topological polar surface area (TPSA) is 55.8 Å². The minimum absolute atomic E-state index is 0.305. The first kappa shape index (κ1) is 20.2. The fourth-order valence-corrected chi connectivity index (χ4v) is 2.47. The molecule has 0 heterocycles. The number of nitrogens with zero attached hydrogens (tertiary/aromatic N) is 1. The molecule has 0 saturated heterocycles. The van der Waals surface area contributed by atoms with E-state index < -0.39 is 18.2 Å². The normalized spacial score (nSPS) is 11.8. The molecule has 0 N–H and O–H groups in total. The van der Waals surface area contributed by atoms with Gasteiger partial charge in [0.2, 0.25) is 0 Å². The van der Waals surface area contributed by atoms with Crippen LogP contribution in [-0.4, -0.2) is 29.7 Å². The summed E-state index contributed by atoms with van der Waals surface area (Å²) in [5.41, 5.74) is 2.03. The number of hydrogen-bond donors (Lipinski definition) is 0. The number of carbonyl (C=O) groups is 2. The van der Waals surface area contributed by atoms with E-state index in [1.807, 2.05) is 60.7 Å². The molecule has 1 atom stereocenters. The van der Waals surface area contributed by atoms with Gasteiger partial charge in [0.25, 0.3) is 0 Å². The number of amides is 1. The van der Waals surface area contributed by atoms with E-state index >= 15 is 0 Å². The third kappa shape index (κ3) is 7.36. The summed E-state index contributed by atoms with van der Waals surface area (Å²) < 4.78 is 10.3. The third-order valence-electron chi connectivity index (χ3n) is 3.77. The summed E-state index contributed by atoms with van der Waals surface area (Å²) in [6.07, 6.45) is 1.80. The molecule has 27 heavy (non-hydrogen) atoms. The summed E-state index contributed by atoms with van der Waals surface area (Å²) in [7, 11) is 0. The third-order valence-corrected chi connectivity index (χ3v) is 3.77. The SMILES string of the molecule is CCOC(=O)C=C[C@H](C)OC(=O)N(Cc1ccccc1)Cc1ccccc1. The van der Waals surface area contributed by atoms with Crippen molar-refractivity contribution in [2.24, 2.45) is 0 Å². The van der Waals surface area contributed by atoms with Crippen LogP contribution in [0, 0.1) is 0 Å². The van der Waals surface area contributed by atoms with Crippen LogP contribution in [0.25, 0.3) is 0 Å². The standard InChI is InChI=1S/C22H25NO4/c1-3-26-21(24)15-14-18(2)27-22(25)23(16-19-10-6-4-7-11-19)17-20-12-8-5-9-13-20/h4-15,18H,3,16-17H2,1-2H3/t18-/m0/s1. The lowest BCUT2D eigenvalue weighted by atomic mass is 10.2. The van der Waals surface area contributed by atoms with Crippen LogP contribution in [0.1, 0.15) is 25.0 Å². The first-order valence-corrected chi connectivity index (χ1v) is 8.97. The van der Waals surface area contributed by atoms with Crippen LogP contribution in [0.4, 0.5) is 4.79 Å². The number of esters is 1. The Hall–Kier alpha value is -3.08. The van der Waals surface area contributed by atoms with Crippen molar-refractivity contribution in [3.8, 4) is 0 Å². The minimum Gasteiger partial charge on any atom is -0.463 e. The van der Waals surface area contributed by atoms with Crippen molar-refractivity contribution in [2.45, 2.75) is 33.0 Å². The maximum atomic E-state index is 12.7. The molecule has 0 aliphatic carbocycles. The van der Waals surface area contributed by atoms with E-state index in [4.69, 9.17) is 9.47 Å². The molecule has 0 unspecified atom stereocenters. The minimum atomic E-state index is -0.545. The van der Waals surface area contributed by atoms with Gasteiger partial charge in [0, 0.05) is 19.2 Å². The molecule has 0 aliphatic heterocycles. The molecule has 0 spiro atoms. The molecular formula is C22H25NO4. The van der Waals surface area contributed by atoms with Crippen LogP contribution in [-0.2, 0) is 27.4 Å². The van der Waals surface area contributed by atoms with E-state index in [2.05, 4.69) is 0 Å². The van der Waals surface area contributed by atoms with Crippen molar-refractivity contribution < 1.29 is 19.1 Å². The lowest BCUT2D eigenvalue weighted by molar-refractivity contribution is -0.137. The molecular weight excluding hydrogens is 342 g/mol. The molecule has 5 nitrogen and oxygen atoms in total. The van der Waals surface area contributed by atoms with Crippen molar-refractivity contribution in [1.82, 2.24) is 4.90 Å². The molecule has 2 aromatic rings. The first-order valence-electron chi connectivity index (χ1n) is 8.97. The average Bonchev–Trinajstić information content (AvgIpc) is 2.68. The zero-order valence-corrected chi connectivity index (χ0v) is 15.7. The number of rotatable bonds is 8. The van der Waals surface area contributed by atoms with E-state index in [0.29, 0.717) is 19.7 Å². The second-order valence-electron chi connectivity index (χ2n) is 6.03. The zero-order valence-electron chi connectivity index (χ0n) is 15.7. The van der Waals surface area contributed by atoms with Gasteiger partial charge in [-0.1, -0.05) is 60.7 Å². The van der Waals surface area contributed by atoms with E-state index in [9.17, 15) is 9.59 Å². The monoisotopic (exact) mass is 367 g/mol. The lowest BCUT2D eigenvalue weighted by Gasteiger charge is -2.24. The summed E-state index contributed by atoms with van der Waals surface area (Å²) >= 11 is 0. The lowest BCUT2D eigenvalue weighted by Crippen LogP contribution is -2.32. The summed E-state index contributed by atoms with van der Waals surface area (Å²) in [4.78, 5) is 25.7. The molecule has 2 rings (SSSR count). The summed E-state index contributed by atoms with van der Waals surface area (Å²) in [5, 5.41) is 0. The van der Waals surface area contributed by atoms with Crippen molar-refractivity contribution in [3.05, 3.63) is 83.9 Å². The number of ether oxygens (including phenoxy) is 2. The van der Waals surface area contributed by atoms with Gasteiger partial charge in [-0.25, -0.2) is 9.59 Å². The molecule has 0 bridgehead atoms. The molecule has 0 aliphatic rings. The van der Waals surface area contributed by atoms with Crippen molar-refractivity contribution in [2.75, 3.05) is 6.61 Å². The van der Waals surface area contributed by atoms with Crippen molar-refractivity contribution in [1.29, 1.82) is 0 Å². The Balaban J connectivity index is 2.04. The maximum absolute atomic E-state index is 12.7. The van der Waals surface area contributed by atoms with E-state index in [1.165, 1.54) is 12.2 Å². The van der Waals surface area contributed by atoms with Gasteiger partial charge in [-0.2, -0.15) is 0 Å². The summed E-state index contributed by atoms with van der Waals surface area (Å²) in [5.74, 6) is -0.453. The second-order valence-corrected chi connectivity index (χ2v) is 6.03. The number of benzene rings is 2. The molecule has 142 valence electrons. The Kier molecular flexibility index (Phi) is 8.10. The van der Waals surface area contributed by atoms with Gasteiger partial charge in [0.15, 0.2) is 0 Å². The highest BCUT2D eigenvalue weighted by molar-refractivity contribution is 5.82. The Bertz CT molecular complexity index is 702. The van der Waals surface area contributed by atoms with Crippen molar-refractivity contribution >= 4 is 12.1 Å². The van der Waals surface area contributed by atoms with Crippen LogP contribution in [0.15, 0.2) is 72.8 Å². The second kappa shape index (κ2) is 10.8. The van der Waals surface area contributed by atoms with Crippen LogP contribution in [0.2, 0.25) is 0 Å². The Labute approximate surface area is 160 Å². The number of carbonyl (C=O) groups excluding carboxylic acids is 2.